The first kappa shape index (κ1) is 16.0. The van der Waals surface area contributed by atoms with Crippen LogP contribution in [0, 0.1) is 0 Å². The first-order valence-electron chi connectivity index (χ1n) is 7.20. The average Bonchev–Trinajstić information content (AvgIpc) is 2.40. The Hall–Kier alpha value is -1.33. The molecule has 0 saturated carbocycles. The highest BCUT2D eigenvalue weighted by molar-refractivity contribution is 6.32. The van der Waals surface area contributed by atoms with Crippen LogP contribution in [-0.4, -0.2) is 59.5 Å². The summed E-state index contributed by atoms with van der Waals surface area (Å²) in [5, 5.41) is 0.372. The van der Waals surface area contributed by atoms with Crippen molar-refractivity contribution in [2.24, 2.45) is 0 Å². The zero-order valence-electron chi connectivity index (χ0n) is 13.0. The topological polar surface area (TPSA) is 45.7 Å². The maximum absolute atomic E-state index is 12.6. The van der Waals surface area contributed by atoms with Gasteiger partial charge in [-0.3, -0.25) is 4.79 Å². The summed E-state index contributed by atoms with van der Waals surface area (Å²) >= 11 is 6.15. The fourth-order valence-electron chi connectivity index (χ4n) is 2.46. The fourth-order valence-corrected chi connectivity index (χ4v) is 2.67. The van der Waals surface area contributed by atoms with Gasteiger partial charge >= 0.3 is 0 Å². The van der Waals surface area contributed by atoms with Crippen molar-refractivity contribution in [1.82, 2.24) is 14.8 Å². The molecule has 1 aromatic rings. The van der Waals surface area contributed by atoms with Crippen molar-refractivity contribution in [3.8, 4) is 5.88 Å². The van der Waals surface area contributed by atoms with Crippen LogP contribution < -0.4 is 4.74 Å². The van der Waals surface area contributed by atoms with Crippen molar-refractivity contribution < 1.29 is 9.53 Å². The summed E-state index contributed by atoms with van der Waals surface area (Å²) < 4.78 is 5.49. The Labute approximate surface area is 130 Å². The minimum absolute atomic E-state index is 0.00537. The number of carbonyl (C=O) groups is 1. The number of rotatable bonds is 3. The number of ether oxygens (including phenoxy) is 1. The SMILES string of the molecule is CC(C)Oc1ncc(C(=O)N2CCN(C)C[C@@H]2C)cc1Cl. The van der Waals surface area contributed by atoms with Crippen molar-refractivity contribution >= 4 is 17.5 Å². The van der Waals surface area contributed by atoms with E-state index in [-0.39, 0.29) is 18.1 Å². The molecular formula is C15H22ClN3O2. The number of carbonyl (C=O) groups excluding carboxylic acids is 1. The Morgan fingerprint density at radius 3 is 2.76 bits per heavy atom. The normalized spacial score (nSPS) is 19.9. The molecular weight excluding hydrogens is 290 g/mol. The molecule has 0 aliphatic carbocycles. The van der Waals surface area contributed by atoms with Gasteiger partial charge in [-0.25, -0.2) is 4.98 Å². The number of aromatic nitrogens is 1. The van der Waals surface area contributed by atoms with Crippen LogP contribution in [0.15, 0.2) is 12.3 Å². The van der Waals surface area contributed by atoms with Gasteiger partial charge in [-0.15, -0.1) is 0 Å². The van der Waals surface area contributed by atoms with Gasteiger partial charge in [0.1, 0.15) is 5.02 Å². The van der Waals surface area contributed by atoms with E-state index < -0.39 is 0 Å². The lowest BCUT2D eigenvalue weighted by molar-refractivity contribution is 0.0533. The van der Waals surface area contributed by atoms with E-state index in [1.165, 1.54) is 6.20 Å². The number of amides is 1. The molecule has 1 aliphatic heterocycles. The number of halogens is 1. The molecule has 116 valence electrons. The third-order valence-electron chi connectivity index (χ3n) is 3.49. The molecule has 1 amide bonds. The Morgan fingerprint density at radius 1 is 1.48 bits per heavy atom. The Bertz CT molecular complexity index is 522. The van der Waals surface area contributed by atoms with Gasteiger partial charge in [0.05, 0.1) is 11.7 Å². The van der Waals surface area contributed by atoms with E-state index in [1.807, 2.05) is 18.7 Å². The lowest BCUT2D eigenvalue weighted by atomic mass is 10.1. The molecule has 0 radical (unpaired) electrons. The first-order chi connectivity index (χ1) is 9.88. The quantitative estimate of drug-likeness (QED) is 0.859. The maximum Gasteiger partial charge on any atom is 0.255 e. The molecule has 1 aliphatic rings. The Kier molecular flexibility index (Phi) is 5.06. The monoisotopic (exact) mass is 311 g/mol. The van der Waals surface area contributed by atoms with E-state index in [0.717, 1.165) is 19.6 Å². The highest BCUT2D eigenvalue weighted by Gasteiger charge is 2.27. The smallest absolute Gasteiger partial charge is 0.255 e. The van der Waals surface area contributed by atoms with Gasteiger partial charge in [-0.1, -0.05) is 11.6 Å². The van der Waals surface area contributed by atoms with Gasteiger partial charge < -0.3 is 14.5 Å². The van der Waals surface area contributed by atoms with Crippen molar-refractivity contribution in [3.05, 3.63) is 22.8 Å². The van der Waals surface area contributed by atoms with Crippen molar-refractivity contribution in [3.63, 3.8) is 0 Å². The standard InChI is InChI=1S/C15H22ClN3O2/c1-10(2)21-14-13(16)7-12(8-17-14)15(20)19-6-5-18(4)9-11(19)3/h7-8,10-11H,5-6,9H2,1-4H3/t11-/m0/s1. The number of hydrogen-bond donors (Lipinski definition) is 0. The lowest BCUT2D eigenvalue weighted by Gasteiger charge is -2.38. The van der Waals surface area contributed by atoms with Crippen molar-refractivity contribution in [2.75, 3.05) is 26.7 Å². The second kappa shape index (κ2) is 6.62. The first-order valence-corrected chi connectivity index (χ1v) is 7.58. The molecule has 6 heteroatoms. The molecule has 0 aromatic carbocycles. The van der Waals surface area contributed by atoms with Crippen LogP contribution in [0.1, 0.15) is 31.1 Å². The third kappa shape index (κ3) is 3.86. The highest BCUT2D eigenvalue weighted by Crippen LogP contribution is 2.24. The molecule has 2 heterocycles. The van der Waals surface area contributed by atoms with Crippen LogP contribution in [-0.2, 0) is 0 Å². The number of likely N-dealkylation sites (N-methyl/N-ethyl adjacent to an activating group) is 1. The van der Waals surface area contributed by atoms with Gasteiger partial charge in [0.15, 0.2) is 0 Å². The van der Waals surface area contributed by atoms with Crippen LogP contribution in [0.2, 0.25) is 5.02 Å². The molecule has 1 atom stereocenters. The van der Waals surface area contributed by atoms with Crippen LogP contribution in [0.3, 0.4) is 0 Å². The molecule has 0 N–H and O–H groups in total. The molecule has 0 spiro atoms. The molecule has 1 saturated heterocycles. The maximum atomic E-state index is 12.6. The van der Waals surface area contributed by atoms with E-state index in [9.17, 15) is 4.79 Å². The summed E-state index contributed by atoms with van der Waals surface area (Å²) in [6, 6.07) is 1.82. The van der Waals surface area contributed by atoms with Gasteiger partial charge in [0.2, 0.25) is 5.88 Å². The largest absolute Gasteiger partial charge is 0.474 e. The minimum atomic E-state index is -0.0268. The van der Waals surface area contributed by atoms with E-state index in [1.54, 1.807) is 6.07 Å². The van der Waals surface area contributed by atoms with E-state index in [2.05, 4.69) is 23.9 Å². The van der Waals surface area contributed by atoms with Crippen LogP contribution in [0.4, 0.5) is 0 Å². The van der Waals surface area contributed by atoms with Crippen molar-refractivity contribution in [1.29, 1.82) is 0 Å². The fraction of sp³-hybridized carbons (Fsp3) is 0.600. The predicted octanol–water partition coefficient (Wildman–Crippen LogP) is 2.30. The zero-order valence-corrected chi connectivity index (χ0v) is 13.7. The van der Waals surface area contributed by atoms with Crippen LogP contribution in [0.5, 0.6) is 5.88 Å². The zero-order chi connectivity index (χ0) is 15.6. The molecule has 21 heavy (non-hydrogen) atoms. The molecule has 1 aromatic heterocycles. The van der Waals surface area contributed by atoms with Gasteiger partial charge in [0, 0.05) is 31.9 Å². The molecule has 5 nitrogen and oxygen atoms in total. The van der Waals surface area contributed by atoms with E-state index in [4.69, 9.17) is 16.3 Å². The summed E-state index contributed by atoms with van der Waals surface area (Å²) in [6.07, 6.45) is 1.53. The van der Waals surface area contributed by atoms with Crippen LogP contribution in [0.25, 0.3) is 0 Å². The predicted molar refractivity (Wildman–Crippen MR) is 83.0 cm³/mol. The second-order valence-electron chi connectivity index (χ2n) is 5.79. The van der Waals surface area contributed by atoms with E-state index in [0.29, 0.717) is 16.5 Å². The van der Waals surface area contributed by atoms with Crippen molar-refractivity contribution in [2.45, 2.75) is 32.9 Å². The van der Waals surface area contributed by atoms with Gasteiger partial charge in [-0.2, -0.15) is 0 Å². The number of pyridine rings is 1. The number of nitrogens with zero attached hydrogens (tertiary/aromatic N) is 3. The summed E-state index contributed by atoms with van der Waals surface area (Å²) in [7, 11) is 2.06. The van der Waals surface area contributed by atoms with E-state index >= 15 is 0 Å². The average molecular weight is 312 g/mol. The minimum Gasteiger partial charge on any atom is -0.474 e. The molecule has 0 unspecified atom stereocenters. The second-order valence-corrected chi connectivity index (χ2v) is 6.19. The highest BCUT2D eigenvalue weighted by atomic mass is 35.5. The van der Waals surface area contributed by atoms with Gasteiger partial charge in [0.25, 0.3) is 5.91 Å². The van der Waals surface area contributed by atoms with Gasteiger partial charge in [-0.05, 0) is 33.9 Å². The summed E-state index contributed by atoms with van der Waals surface area (Å²) in [5.74, 6) is 0.343. The summed E-state index contributed by atoms with van der Waals surface area (Å²) in [5.41, 5.74) is 0.507. The van der Waals surface area contributed by atoms with Crippen LogP contribution >= 0.6 is 11.6 Å². The number of hydrogen-bond acceptors (Lipinski definition) is 4. The molecule has 1 fully saturated rings. The lowest BCUT2D eigenvalue weighted by Crippen LogP contribution is -2.52. The molecule has 0 bridgehead atoms. The molecule has 2 rings (SSSR count). The Balaban J connectivity index is 2.14. The summed E-state index contributed by atoms with van der Waals surface area (Å²) in [4.78, 5) is 20.8. The third-order valence-corrected chi connectivity index (χ3v) is 3.76. The number of piperazine rings is 1. The Morgan fingerprint density at radius 2 is 2.19 bits per heavy atom. The summed E-state index contributed by atoms with van der Waals surface area (Å²) in [6.45, 7) is 8.34.